The second-order valence-corrected chi connectivity index (χ2v) is 7.53. The molecule has 1 aliphatic heterocycles. The Labute approximate surface area is 169 Å². The van der Waals surface area contributed by atoms with Crippen LogP contribution in [-0.4, -0.2) is 46.2 Å². The van der Waals surface area contributed by atoms with Gasteiger partial charge >= 0.3 is 6.18 Å². The Kier molecular flexibility index (Phi) is 5.74. The van der Waals surface area contributed by atoms with E-state index in [1.54, 1.807) is 6.20 Å². The van der Waals surface area contributed by atoms with Crippen molar-refractivity contribution in [1.29, 1.82) is 0 Å². The standard InChI is InChI=1S/C19H18F3N5OS/c20-19(21,22)13-4-6-24-16(11-13)25-18-26-17(14-3-1-2-5-23-14)15(29-18)12-27-7-9-28-10-8-27/h1-6,11H,7-10,12H2,(H,24,25,26). The summed E-state index contributed by atoms with van der Waals surface area (Å²) >= 11 is 1.39. The summed E-state index contributed by atoms with van der Waals surface area (Å²) in [4.78, 5) is 16.2. The Morgan fingerprint density at radius 2 is 1.93 bits per heavy atom. The van der Waals surface area contributed by atoms with Crippen molar-refractivity contribution in [2.45, 2.75) is 12.7 Å². The Morgan fingerprint density at radius 1 is 1.10 bits per heavy atom. The van der Waals surface area contributed by atoms with Crippen LogP contribution in [0.4, 0.5) is 24.1 Å². The van der Waals surface area contributed by atoms with Gasteiger partial charge < -0.3 is 10.1 Å². The van der Waals surface area contributed by atoms with Gasteiger partial charge in [-0.05, 0) is 24.3 Å². The number of aromatic nitrogens is 3. The molecule has 0 atom stereocenters. The lowest BCUT2D eigenvalue weighted by molar-refractivity contribution is -0.137. The van der Waals surface area contributed by atoms with Gasteiger partial charge in [-0.25, -0.2) is 9.97 Å². The number of alkyl halides is 3. The molecule has 6 nitrogen and oxygen atoms in total. The van der Waals surface area contributed by atoms with Crippen LogP contribution in [0.1, 0.15) is 10.4 Å². The molecule has 1 N–H and O–H groups in total. The lowest BCUT2D eigenvalue weighted by Crippen LogP contribution is -2.35. The number of rotatable bonds is 5. The van der Waals surface area contributed by atoms with E-state index in [0.717, 1.165) is 47.7 Å². The van der Waals surface area contributed by atoms with Crippen molar-refractivity contribution in [3.05, 3.63) is 53.2 Å². The molecule has 0 amide bonds. The molecule has 0 radical (unpaired) electrons. The van der Waals surface area contributed by atoms with Crippen molar-refractivity contribution >= 4 is 22.3 Å². The minimum absolute atomic E-state index is 0.0964. The van der Waals surface area contributed by atoms with Gasteiger partial charge in [0.25, 0.3) is 0 Å². The van der Waals surface area contributed by atoms with Gasteiger partial charge in [-0.3, -0.25) is 9.88 Å². The molecule has 1 saturated heterocycles. The van der Waals surface area contributed by atoms with Crippen molar-refractivity contribution < 1.29 is 17.9 Å². The molecule has 0 spiro atoms. The average molecular weight is 421 g/mol. The van der Waals surface area contributed by atoms with Crippen molar-refractivity contribution in [3.63, 3.8) is 0 Å². The maximum absolute atomic E-state index is 13.0. The highest BCUT2D eigenvalue weighted by Crippen LogP contribution is 2.34. The molecule has 0 saturated carbocycles. The number of thiazole rings is 1. The number of pyridine rings is 2. The quantitative estimate of drug-likeness (QED) is 0.666. The number of anilines is 2. The van der Waals surface area contributed by atoms with Gasteiger partial charge in [0, 0.05) is 32.0 Å². The van der Waals surface area contributed by atoms with Gasteiger partial charge in [-0.2, -0.15) is 13.2 Å². The maximum atomic E-state index is 13.0. The van der Waals surface area contributed by atoms with Crippen molar-refractivity contribution in [1.82, 2.24) is 19.9 Å². The topological polar surface area (TPSA) is 63.2 Å². The molecular formula is C19H18F3N5OS. The van der Waals surface area contributed by atoms with E-state index in [0.29, 0.717) is 24.9 Å². The van der Waals surface area contributed by atoms with E-state index in [1.807, 2.05) is 18.2 Å². The molecule has 4 rings (SSSR count). The molecular weight excluding hydrogens is 403 g/mol. The highest BCUT2D eigenvalue weighted by molar-refractivity contribution is 7.16. The second-order valence-electron chi connectivity index (χ2n) is 6.45. The number of nitrogens with one attached hydrogen (secondary N) is 1. The number of halogens is 3. The third-order valence-corrected chi connectivity index (χ3v) is 5.35. The predicted octanol–water partition coefficient (Wildman–Crippen LogP) is 4.19. The zero-order valence-electron chi connectivity index (χ0n) is 15.3. The SMILES string of the molecule is FC(F)(F)c1ccnc(Nc2nc(-c3ccccn3)c(CN3CCOCC3)s2)c1. The molecule has 1 aliphatic rings. The first-order valence-corrected chi connectivity index (χ1v) is 9.82. The van der Waals surface area contributed by atoms with Crippen LogP contribution >= 0.6 is 11.3 Å². The van der Waals surface area contributed by atoms with Crippen LogP contribution in [0.25, 0.3) is 11.4 Å². The minimum Gasteiger partial charge on any atom is -0.379 e. The predicted molar refractivity (Wildman–Crippen MR) is 104 cm³/mol. The molecule has 152 valence electrons. The Hall–Kier alpha value is -2.56. The third kappa shape index (κ3) is 4.89. The maximum Gasteiger partial charge on any atom is 0.416 e. The molecule has 0 bridgehead atoms. The smallest absolute Gasteiger partial charge is 0.379 e. The molecule has 1 fully saturated rings. The van der Waals surface area contributed by atoms with Crippen LogP contribution < -0.4 is 5.32 Å². The summed E-state index contributed by atoms with van der Waals surface area (Å²) in [6, 6.07) is 7.48. The van der Waals surface area contributed by atoms with Crippen LogP contribution in [0, 0.1) is 0 Å². The summed E-state index contributed by atoms with van der Waals surface area (Å²) in [7, 11) is 0. The molecule has 29 heavy (non-hydrogen) atoms. The number of nitrogens with zero attached hydrogens (tertiary/aromatic N) is 4. The number of hydrogen-bond donors (Lipinski definition) is 1. The van der Waals surface area contributed by atoms with Gasteiger partial charge in [0.1, 0.15) is 11.5 Å². The van der Waals surface area contributed by atoms with Crippen LogP contribution in [0.3, 0.4) is 0 Å². The summed E-state index contributed by atoms with van der Waals surface area (Å²) in [6.07, 6.45) is -1.61. The van der Waals surface area contributed by atoms with Gasteiger partial charge in [0.2, 0.25) is 0 Å². The average Bonchev–Trinajstić information content (AvgIpc) is 3.11. The summed E-state index contributed by atoms with van der Waals surface area (Å²) < 4.78 is 44.3. The summed E-state index contributed by atoms with van der Waals surface area (Å²) in [5.74, 6) is 0.0964. The molecule has 0 aliphatic carbocycles. The van der Waals surface area contributed by atoms with Crippen LogP contribution in [0.15, 0.2) is 42.7 Å². The zero-order valence-corrected chi connectivity index (χ0v) is 16.1. The van der Waals surface area contributed by atoms with E-state index >= 15 is 0 Å². The Balaban J connectivity index is 1.62. The summed E-state index contributed by atoms with van der Waals surface area (Å²) in [6.45, 7) is 3.66. The van der Waals surface area contributed by atoms with Crippen LogP contribution in [0.5, 0.6) is 0 Å². The molecule has 0 aromatic carbocycles. The lowest BCUT2D eigenvalue weighted by atomic mass is 10.2. The first-order valence-electron chi connectivity index (χ1n) is 9.00. The lowest BCUT2D eigenvalue weighted by Gasteiger charge is -2.26. The molecule has 0 unspecified atom stereocenters. The number of ether oxygens (including phenoxy) is 1. The second kappa shape index (κ2) is 8.44. The highest BCUT2D eigenvalue weighted by atomic mass is 32.1. The van der Waals surface area contributed by atoms with Crippen LogP contribution in [0.2, 0.25) is 0 Å². The van der Waals surface area contributed by atoms with Gasteiger partial charge in [0.15, 0.2) is 5.13 Å². The largest absolute Gasteiger partial charge is 0.416 e. The first-order chi connectivity index (χ1) is 14.0. The van der Waals surface area contributed by atoms with E-state index in [4.69, 9.17) is 4.74 Å². The monoisotopic (exact) mass is 421 g/mol. The van der Waals surface area contributed by atoms with E-state index < -0.39 is 11.7 Å². The van der Waals surface area contributed by atoms with E-state index in [2.05, 4.69) is 25.2 Å². The van der Waals surface area contributed by atoms with Gasteiger partial charge in [-0.15, -0.1) is 0 Å². The fourth-order valence-corrected chi connectivity index (χ4v) is 3.98. The Morgan fingerprint density at radius 3 is 2.66 bits per heavy atom. The Bertz CT molecular complexity index is 958. The molecule has 4 heterocycles. The normalized spacial score (nSPS) is 15.4. The summed E-state index contributed by atoms with van der Waals surface area (Å²) in [5, 5.41) is 3.38. The van der Waals surface area contributed by atoms with Gasteiger partial charge in [0.05, 0.1) is 29.3 Å². The first kappa shape index (κ1) is 19.7. The van der Waals surface area contributed by atoms with E-state index in [-0.39, 0.29) is 5.82 Å². The van der Waals surface area contributed by atoms with Crippen molar-refractivity contribution in [3.8, 4) is 11.4 Å². The fourth-order valence-electron chi connectivity index (χ4n) is 2.96. The van der Waals surface area contributed by atoms with Crippen molar-refractivity contribution in [2.75, 3.05) is 31.6 Å². The number of morpholine rings is 1. The highest BCUT2D eigenvalue weighted by Gasteiger charge is 2.31. The summed E-state index contributed by atoms with van der Waals surface area (Å²) in [5.41, 5.74) is 0.679. The van der Waals surface area contributed by atoms with Gasteiger partial charge in [-0.1, -0.05) is 17.4 Å². The fraction of sp³-hybridized carbons (Fsp3) is 0.316. The zero-order chi connectivity index (χ0) is 20.3. The minimum atomic E-state index is -4.43. The molecule has 3 aromatic rings. The number of hydrogen-bond acceptors (Lipinski definition) is 7. The van der Waals surface area contributed by atoms with E-state index in [9.17, 15) is 13.2 Å². The molecule has 3 aromatic heterocycles. The van der Waals surface area contributed by atoms with E-state index in [1.165, 1.54) is 11.3 Å². The third-order valence-electron chi connectivity index (χ3n) is 4.40. The molecule has 10 heteroatoms. The van der Waals surface area contributed by atoms with Crippen molar-refractivity contribution in [2.24, 2.45) is 0 Å². The van der Waals surface area contributed by atoms with Crippen LogP contribution in [-0.2, 0) is 17.5 Å².